The molecule has 2 aliphatic rings. The fourth-order valence-corrected chi connectivity index (χ4v) is 6.02. The Bertz CT molecular complexity index is 1860. The van der Waals surface area contributed by atoms with Crippen molar-refractivity contribution >= 4 is 29.1 Å². The van der Waals surface area contributed by atoms with Crippen LogP contribution in [0.1, 0.15) is 29.7 Å². The molecule has 0 aliphatic carbocycles. The number of ether oxygens (including phenoxy) is 5. The number of carbonyl (C=O) groups excluding carboxylic acids is 1. The first-order chi connectivity index (χ1) is 20.0. The van der Waals surface area contributed by atoms with E-state index in [0.29, 0.717) is 43.6 Å². The van der Waals surface area contributed by atoms with Crippen molar-refractivity contribution in [1.82, 2.24) is 4.57 Å². The minimum atomic E-state index is -0.899. The second-order valence-corrected chi connectivity index (χ2v) is 10.1. The topological polar surface area (TPSA) is 97.6 Å². The van der Waals surface area contributed by atoms with Crippen molar-refractivity contribution in [3.05, 3.63) is 109 Å². The van der Waals surface area contributed by atoms with Crippen LogP contribution >= 0.6 is 11.3 Å². The van der Waals surface area contributed by atoms with Crippen LogP contribution in [0.15, 0.2) is 82.1 Å². The normalized spacial score (nSPS) is 15.8. The molecule has 9 nitrogen and oxygen atoms in total. The molecule has 208 valence electrons. The number of carbonyl (C=O) groups is 1. The number of para-hydroxylation sites is 1. The molecule has 10 heteroatoms. The zero-order valence-electron chi connectivity index (χ0n) is 22.6. The van der Waals surface area contributed by atoms with Crippen LogP contribution in [0.3, 0.4) is 0 Å². The van der Waals surface area contributed by atoms with Crippen molar-refractivity contribution in [2.75, 3.05) is 27.6 Å². The van der Waals surface area contributed by atoms with E-state index in [2.05, 4.69) is 0 Å². The summed E-state index contributed by atoms with van der Waals surface area (Å²) in [6.07, 6.45) is 1.78. The van der Waals surface area contributed by atoms with Gasteiger partial charge >= 0.3 is 5.97 Å². The lowest BCUT2D eigenvalue weighted by molar-refractivity contribution is -0.138. The second kappa shape index (κ2) is 11.0. The number of esters is 1. The van der Waals surface area contributed by atoms with Crippen molar-refractivity contribution in [3.8, 4) is 23.0 Å². The van der Waals surface area contributed by atoms with Crippen LogP contribution in [0.25, 0.3) is 11.8 Å². The summed E-state index contributed by atoms with van der Waals surface area (Å²) in [6, 6.07) is 19.3. The lowest BCUT2D eigenvalue weighted by atomic mass is 9.92. The second-order valence-electron chi connectivity index (χ2n) is 9.13. The molecule has 3 aromatic carbocycles. The molecule has 0 amide bonds. The Morgan fingerprint density at radius 2 is 1.85 bits per heavy atom. The summed E-state index contributed by atoms with van der Waals surface area (Å²) in [5.41, 5.74) is 2.39. The van der Waals surface area contributed by atoms with E-state index in [1.807, 2.05) is 54.6 Å². The Kier molecular flexibility index (Phi) is 7.07. The monoisotopic (exact) mass is 570 g/mol. The molecule has 4 aromatic rings. The van der Waals surface area contributed by atoms with Crippen molar-refractivity contribution in [3.63, 3.8) is 0 Å². The number of rotatable bonds is 7. The Morgan fingerprint density at radius 3 is 2.61 bits per heavy atom. The maximum Gasteiger partial charge on any atom is 0.338 e. The number of nitrogens with zero attached hydrogens (tertiary/aromatic N) is 2. The van der Waals surface area contributed by atoms with Crippen LogP contribution in [0.2, 0.25) is 0 Å². The number of thiazole rings is 1. The molecule has 1 unspecified atom stereocenters. The van der Waals surface area contributed by atoms with Gasteiger partial charge in [-0.15, -0.1) is 0 Å². The Morgan fingerprint density at radius 1 is 1.05 bits per heavy atom. The molecule has 0 bridgehead atoms. The number of hydrogen-bond acceptors (Lipinski definition) is 9. The summed E-state index contributed by atoms with van der Waals surface area (Å²) < 4.78 is 29.8. The number of methoxy groups -OCH3 is 2. The average Bonchev–Trinajstić information content (AvgIpc) is 3.59. The van der Waals surface area contributed by atoms with Gasteiger partial charge in [-0.1, -0.05) is 59.9 Å². The molecule has 3 heterocycles. The maximum absolute atomic E-state index is 14.1. The van der Waals surface area contributed by atoms with Crippen LogP contribution in [0.5, 0.6) is 23.0 Å². The summed E-state index contributed by atoms with van der Waals surface area (Å²) >= 11 is 1.24. The molecule has 0 saturated carbocycles. The van der Waals surface area contributed by atoms with Gasteiger partial charge in [-0.3, -0.25) is 9.36 Å². The van der Waals surface area contributed by atoms with Crippen molar-refractivity contribution in [2.24, 2.45) is 4.99 Å². The molecule has 0 radical (unpaired) electrons. The highest BCUT2D eigenvalue weighted by atomic mass is 32.1. The average molecular weight is 571 g/mol. The fraction of sp³-hybridized carbons (Fsp3) is 0.194. The largest absolute Gasteiger partial charge is 0.493 e. The third-order valence-corrected chi connectivity index (χ3v) is 7.78. The summed E-state index contributed by atoms with van der Waals surface area (Å²) in [5.74, 6) is 1.56. The van der Waals surface area contributed by atoms with Gasteiger partial charge < -0.3 is 23.7 Å². The lowest BCUT2D eigenvalue weighted by Gasteiger charge is -2.27. The minimum Gasteiger partial charge on any atom is -0.493 e. The van der Waals surface area contributed by atoms with E-state index in [9.17, 15) is 9.59 Å². The number of fused-ring (bicyclic) bond motifs is 2. The lowest BCUT2D eigenvalue weighted by Crippen LogP contribution is -2.40. The predicted molar refractivity (Wildman–Crippen MR) is 153 cm³/mol. The van der Waals surface area contributed by atoms with Crippen LogP contribution < -0.4 is 33.8 Å². The van der Waals surface area contributed by atoms with E-state index in [-0.39, 0.29) is 24.5 Å². The van der Waals surface area contributed by atoms with Gasteiger partial charge in [0.2, 0.25) is 6.79 Å². The van der Waals surface area contributed by atoms with Gasteiger partial charge in [-0.25, -0.2) is 9.79 Å². The maximum atomic E-state index is 14.1. The summed E-state index contributed by atoms with van der Waals surface area (Å²) in [6.45, 7) is 2.05. The zero-order valence-corrected chi connectivity index (χ0v) is 23.4. The van der Waals surface area contributed by atoms with Crippen LogP contribution in [0, 0.1) is 0 Å². The van der Waals surface area contributed by atoms with Gasteiger partial charge in [0.1, 0.15) is 6.04 Å². The third-order valence-electron chi connectivity index (χ3n) is 6.80. The van der Waals surface area contributed by atoms with Crippen molar-refractivity contribution < 1.29 is 28.5 Å². The van der Waals surface area contributed by atoms with E-state index in [4.69, 9.17) is 28.7 Å². The van der Waals surface area contributed by atoms with Gasteiger partial charge in [-0.2, -0.15) is 0 Å². The summed E-state index contributed by atoms with van der Waals surface area (Å²) in [4.78, 5) is 33.1. The molecule has 2 aliphatic heterocycles. The highest BCUT2D eigenvalue weighted by molar-refractivity contribution is 7.07. The zero-order chi connectivity index (χ0) is 28.5. The first-order valence-corrected chi connectivity index (χ1v) is 13.7. The molecule has 41 heavy (non-hydrogen) atoms. The van der Waals surface area contributed by atoms with E-state index >= 15 is 0 Å². The highest BCUT2D eigenvalue weighted by Gasteiger charge is 2.37. The molecule has 0 fully saturated rings. The number of aromatic nitrogens is 1. The number of benzene rings is 3. The Hall–Kier alpha value is -4.83. The van der Waals surface area contributed by atoms with E-state index < -0.39 is 12.0 Å². The van der Waals surface area contributed by atoms with Crippen molar-refractivity contribution in [2.45, 2.75) is 13.0 Å². The smallest absolute Gasteiger partial charge is 0.338 e. The molecular weight excluding hydrogens is 544 g/mol. The van der Waals surface area contributed by atoms with E-state index in [1.165, 1.54) is 30.1 Å². The molecule has 0 N–H and O–H groups in total. The molecule has 1 atom stereocenters. The van der Waals surface area contributed by atoms with Crippen LogP contribution in [-0.4, -0.2) is 38.2 Å². The van der Waals surface area contributed by atoms with Gasteiger partial charge in [-0.05, 0) is 36.8 Å². The molecule has 0 spiro atoms. The fourth-order valence-electron chi connectivity index (χ4n) is 5.02. The first kappa shape index (κ1) is 26.4. The Labute approximate surface area is 239 Å². The molecule has 0 saturated heterocycles. The third kappa shape index (κ3) is 4.66. The SMILES string of the molecule is CCOC(=O)C1=C(c2ccccc2)N=c2s/c(=C/c3ccc4c(c3)OCO4)c(=O)n2C1c1cccc(OC)c1OC. The predicted octanol–water partition coefficient (Wildman–Crippen LogP) is 3.68. The minimum absolute atomic E-state index is 0.154. The van der Waals surface area contributed by atoms with E-state index in [1.54, 1.807) is 25.1 Å². The number of hydrogen-bond donors (Lipinski definition) is 0. The van der Waals surface area contributed by atoms with Crippen LogP contribution in [0.4, 0.5) is 0 Å². The van der Waals surface area contributed by atoms with Gasteiger partial charge in [0.25, 0.3) is 5.56 Å². The standard InChI is InChI=1S/C31H26N2O7S/c1-4-38-30(35)25-26(19-9-6-5-7-10-19)32-31-33(27(25)20-11-8-12-22(36-2)28(20)37-3)29(34)24(41-31)16-18-13-14-21-23(15-18)40-17-39-21/h5-16,27H,4,17H2,1-3H3/b24-16+. The van der Waals surface area contributed by atoms with Gasteiger partial charge in [0.05, 0.1) is 36.6 Å². The Balaban J connectivity index is 1.66. The highest BCUT2D eigenvalue weighted by Crippen LogP contribution is 2.42. The molecular formula is C31H26N2O7S. The quantitative estimate of drug-likeness (QED) is 0.313. The molecule has 6 rings (SSSR count). The van der Waals surface area contributed by atoms with E-state index in [0.717, 1.165) is 11.1 Å². The van der Waals surface area contributed by atoms with Crippen molar-refractivity contribution in [1.29, 1.82) is 0 Å². The summed E-state index contributed by atoms with van der Waals surface area (Å²) in [7, 11) is 3.06. The van der Waals surface area contributed by atoms with Crippen LogP contribution in [-0.2, 0) is 9.53 Å². The van der Waals surface area contributed by atoms with Gasteiger partial charge in [0.15, 0.2) is 27.8 Å². The summed E-state index contributed by atoms with van der Waals surface area (Å²) in [5, 5.41) is 0. The molecule has 1 aromatic heterocycles. The first-order valence-electron chi connectivity index (χ1n) is 12.9. The van der Waals surface area contributed by atoms with Gasteiger partial charge in [0, 0.05) is 11.1 Å².